The van der Waals surface area contributed by atoms with Crippen LogP contribution in [0.4, 0.5) is 0 Å². The number of fused-ring (bicyclic) bond motifs is 1. The van der Waals surface area contributed by atoms with Gasteiger partial charge < -0.3 is 0 Å². The first-order valence-electron chi connectivity index (χ1n) is 2.99. The first-order valence-corrected chi connectivity index (χ1v) is 2.99. The van der Waals surface area contributed by atoms with Gasteiger partial charge in [-0.15, -0.1) is 0 Å². The van der Waals surface area contributed by atoms with Crippen molar-refractivity contribution in [3.8, 4) is 0 Å². The highest BCUT2D eigenvalue weighted by molar-refractivity contribution is 6.06. The summed E-state index contributed by atoms with van der Waals surface area (Å²) in [6.45, 7) is 1.62. The first kappa shape index (κ1) is 6.02. The van der Waals surface area contributed by atoms with Gasteiger partial charge in [0.1, 0.15) is 16.3 Å². The van der Waals surface area contributed by atoms with Crippen molar-refractivity contribution in [2.45, 2.75) is 6.92 Å². The van der Waals surface area contributed by atoms with Crippen LogP contribution in [0.3, 0.4) is 0 Å². The quantitative estimate of drug-likeness (QED) is 0.471. The lowest BCUT2D eigenvalue weighted by Gasteiger charge is -1.93. The first-order chi connectivity index (χ1) is 5.29. The summed E-state index contributed by atoms with van der Waals surface area (Å²) in [6, 6.07) is 0. The van der Waals surface area contributed by atoms with E-state index < -0.39 is 0 Å². The molecule has 0 amide bonds. The summed E-state index contributed by atoms with van der Waals surface area (Å²) in [5.41, 5.74) is 0.933. The molecule has 54 valence electrons. The Labute approximate surface area is 61.6 Å². The van der Waals surface area contributed by atoms with E-state index in [1.807, 2.05) is 0 Å². The normalized spacial score (nSPS) is 20.8. The molecule has 0 aliphatic carbocycles. The van der Waals surface area contributed by atoms with Gasteiger partial charge in [-0.2, -0.15) is 4.99 Å². The van der Waals surface area contributed by atoms with Gasteiger partial charge in [-0.25, -0.2) is 4.99 Å². The van der Waals surface area contributed by atoms with Crippen molar-refractivity contribution < 1.29 is 4.87 Å². The second-order valence-corrected chi connectivity index (χ2v) is 2.09. The van der Waals surface area contributed by atoms with Crippen LogP contribution in [-0.4, -0.2) is 17.0 Å². The number of rotatable bonds is 0. The Bertz CT molecular complexity index is 348. The van der Waals surface area contributed by atoms with Gasteiger partial charge in [0.2, 0.25) is 5.70 Å². The summed E-state index contributed by atoms with van der Waals surface area (Å²) >= 11 is 0. The molecule has 0 aromatic heterocycles. The minimum atomic E-state index is 0.412. The van der Waals surface area contributed by atoms with E-state index in [1.165, 1.54) is 6.34 Å². The van der Waals surface area contributed by atoms with Gasteiger partial charge in [0, 0.05) is 6.92 Å². The number of aliphatic imine (C=N–C) groups is 2. The summed E-state index contributed by atoms with van der Waals surface area (Å²) in [4.78, 5) is 18.9. The third kappa shape index (κ3) is 0.721. The van der Waals surface area contributed by atoms with Crippen LogP contribution in [0.1, 0.15) is 6.92 Å². The highest BCUT2D eigenvalue weighted by Gasteiger charge is 2.30. The summed E-state index contributed by atoms with van der Waals surface area (Å²) in [6.07, 6.45) is 1.35. The molecule has 0 unspecified atom stereocenters. The molecule has 2 heterocycles. The fraction of sp³-hybridized carbons (Fsp3) is 0.200. The number of nitrogens with zero attached hydrogens (tertiary/aromatic N) is 5. The molecule has 2 aliphatic rings. The third-order valence-corrected chi connectivity index (χ3v) is 1.43. The number of hydrogen-bond donors (Lipinski definition) is 0. The van der Waals surface area contributed by atoms with E-state index in [4.69, 9.17) is 0 Å². The minimum Gasteiger partial charge on any atom is -0.226 e. The molecule has 0 atom stereocenters. The van der Waals surface area contributed by atoms with Gasteiger partial charge in [-0.05, 0) is 4.91 Å². The summed E-state index contributed by atoms with van der Waals surface area (Å²) < 4.78 is 0. The molecule has 0 saturated carbocycles. The summed E-state index contributed by atoms with van der Waals surface area (Å²) in [7, 11) is 0. The predicted molar refractivity (Wildman–Crippen MR) is 37.1 cm³/mol. The van der Waals surface area contributed by atoms with Crippen LogP contribution in [0, 0.1) is 4.91 Å². The molecule has 6 heteroatoms. The van der Waals surface area contributed by atoms with Gasteiger partial charge in [0.05, 0.1) is 0 Å². The average Bonchev–Trinajstić information content (AvgIpc) is 2.45. The molecule has 0 radical (unpaired) electrons. The molecule has 2 aliphatic heterocycles. The van der Waals surface area contributed by atoms with E-state index in [-0.39, 0.29) is 0 Å². The fourth-order valence-electron chi connectivity index (χ4n) is 0.829. The summed E-state index contributed by atoms with van der Waals surface area (Å²) in [5.74, 6) is 0.412. The third-order valence-electron chi connectivity index (χ3n) is 1.43. The van der Waals surface area contributed by atoms with Crippen LogP contribution in [0.5, 0.6) is 0 Å². The van der Waals surface area contributed by atoms with Crippen molar-refractivity contribution >= 4 is 12.2 Å². The van der Waals surface area contributed by atoms with Gasteiger partial charge in [-0.3, -0.25) is 0 Å². The molecule has 0 N–H and O–H groups in total. The highest BCUT2D eigenvalue weighted by atomic mass is 16.3. The van der Waals surface area contributed by atoms with E-state index in [0.29, 0.717) is 22.1 Å². The second-order valence-electron chi connectivity index (χ2n) is 2.09. The lowest BCUT2D eigenvalue weighted by Crippen LogP contribution is -2.09. The molecule has 0 saturated heterocycles. The Kier molecular flexibility index (Phi) is 1.03. The van der Waals surface area contributed by atoms with Gasteiger partial charge in [0.25, 0.3) is 0 Å². The fourth-order valence-corrected chi connectivity index (χ4v) is 0.829. The van der Waals surface area contributed by atoms with Crippen LogP contribution in [0.25, 0.3) is 0 Å². The Morgan fingerprint density at radius 2 is 2.36 bits per heavy atom. The smallest absolute Gasteiger partial charge is 0.226 e. The van der Waals surface area contributed by atoms with Crippen molar-refractivity contribution in [2.75, 3.05) is 0 Å². The Hall–Kier alpha value is -1.72. The van der Waals surface area contributed by atoms with Gasteiger partial charge >= 0.3 is 5.84 Å². The Morgan fingerprint density at radius 1 is 1.55 bits per heavy atom. The van der Waals surface area contributed by atoms with Crippen LogP contribution in [0.15, 0.2) is 31.7 Å². The highest BCUT2D eigenvalue weighted by Crippen LogP contribution is 2.18. The standard InChI is InChI=1S/C5H4N5O/c1-3-4-5(7-2-6-4)8-9-10(3)11/h2H,1H3/q+1. The van der Waals surface area contributed by atoms with E-state index in [1.54, 1.807) is 6.92 Å². The number of hydrogen-bond acceptors (Lipinski definition) is 4. The molecule has 0 spiro atoms. The minimum absolute atomic E-state index is 0.412. The van der Waals surface area contributed by atoms with E-state index in [9.17, 15) is 4.91 Å². The maximum absolute atomic E-state index is 10.8. The molecule has 2 rings (SSSR count). The van der Waals surface area contributed by atoms with Crippen LogP contribution >= 0.6 is 0 Å². The van der Waals surface area contributed by atoms with Crippen molar-refractivity contribution in [1.82, 2.24) is 0 Å². The van der Waals surface area contributed by atoms with Gasteiger partial charge in [-0.1, -0.05) is 0 Å². The van der Waals surface area contributed by atoms with Crippen molar-refractivity contribution in [1.29, 1.82) is 0 Å². The van der Waals surface area contributed by atoms with E-state index >= 15 is 0 Å². The predicted octanol–water partition coefficient (Wildman–Crippen LogP) is 0.818. The largest absolute Gasteiger partial charge is 0.326 e. The van der Waals surface area contributed by atoms with E-state index in [2.05, 4.69) is 20.3 Å². The van der Waals surface area contributed by atoms with Crippen LogP contribution in [0.2, 0.25) is 0 Å². The zero-order chi connectivity index (χ0) is 7.84. The zero-order valence-corrected chi connectivity index (χ0v) is 5.72. The Morgan fingerprint density at radius 3 is 3.18 bits per heavy atom. The van der Waals surface area contributed by atoms with Crippen LogP contribution in [-0.2, 0) is 0 Å². The van der Waals surface area contributed by atoms with Gasteiger partial charge in [0.15, 0.2) is 10.9 Å². The van der Waals surface area contributed by atoms with Crippen molar-refractivity contribution in [3.05, 3.63) is 16.3 Å². The molecule has 0 bridgehead atoms. The molecule has 0 aromatic carbocycles. The molecule has 11 heavy (non-hydrogen) atoms. The number of allylic oxidation sites excluding steroid dienone is 1. The molecule has 0 aromatic rings. The second kappa shape index (κ2) is 1.88. The molecular formula is C5H4N5O+. The maximum atomic E-state index is 10.8. The lowest BCUT2D eigenvalue weighted by atomic mass is 10.3. The van der Waals surface area contributed by atoms with Crippen molar-refractivity contribution in [2.24, 2.45) is 20.3 Å². The lowest BCUT2D eigenvalue weighted by molar-refractivity contribution is -0.514. The number of nitroso groups, excluding NO2 is 1. The molecule has 0 fully saturated rings. The monoisotopic (exact) mass is 150 g/mol. The number of amidine groups is 1. The summed E-state index contributed by atoms with van der Waals surface area (Å²) in [5, 5.41) is 6.82. The van der Waals surface area contributed by atoms with Crippen molar-refractivity contribution in [3.63, 3.8) is 0 Å². The molecule has 6 nitrogen and oxygen atoms in total. The zero-order valence-electron chi connectivity index (χ0n) is 5.72. The topological polar surface area (TPSA) is 69.5 Å². The van der Waals surface area contributed by atoms with E-state index in [0.717, 1.165) is 0 Å². The van der Waals surface area contributed by atoms with Crippen LogP contribution < -0.4 is 0 Å². The molecular weight excluding hydrogens is 146 g/mol. The Balaban J connectivity index is 2.60. The maximum Gasteiger partial charge on any atom is 0.326 e. The average molecular weight is 150 g/mol. The SMILES string of the molecule is CC1=C2N=CN=C2N=N[N+]1=O.